The molecule has 8 heteroatoms. The van der Waals surface area contributed by atoms with E-state index in [1.165, 1.54) is 11.3 Å². The fraction of sp³-hybridized carbons (Fsp3) is 0.412. The number of nitrogens with zero attached hydrogens (tertiary/aromatic N) is 2. The zero-order valence-corrected chi connectivity index (χ0v) is 16.0. The Morgan fingerprint density at radius 1 is 1.04 bits per heavy atom. The molecule has 1 aromatic heterocycles. The molecule has 0 unspecified atom stereocenters. The quantitative estimate of drug-likeness (QED) is 0.794. The van der Waals surface area contributed by atoms with Crippen molar-refractivity contribution in [2.45, 2.75) is 10.3 Å². The molecule has 0 saturated carbocycles. The van der Waals surface area contributed by atoms with Crippen molar-refractivity contribution >= 4 is 33.0 Å². The highest BCUT2D eigenvalue weighted by Crippen LogP contribution is 2.34. The Hall–Kier alpha value is -0.960. The van der Waals surface area contributed by atoms with Gasteiger partial charge in [-0.25, -0.2) is 8.42 Å². The first kappa shape index (κ1) is 17.5. The number of ether oxygens (including phenoxy) is 1. The Balaban J connectivity index is 1.45. The molecule has 4 rings (SSSR count). The Morgan fingerprint density at radius 2 is 1.72 bits per heavy atom. The van der Waals surface area contributed by atoms with Gasteiger partial charge in [0.25, 0.3) is 10.0 Å². The van der Waals surface area contributed by atoms with E-state index in [1.54, 1.807) is 10.4 Å². The number of hydrogen-bond donors (Lipinski definition) is 0. The van der Waals surface area contributed by atoms with Crippen LogP contribution in [0.1, 0.15) is 0 Å². The van der Waals surface area contributed by atoms with Crippen molar-refractivity contribution in [2.24, 2.45) is 0 Å². The first-order valence-corrected chi connectivity index (χ1v) is 10.9. The van der Waals surface area contributed by atoms with Gasteiger partial charge in [-0.05, 0) is 29.8 Å². The second kappa shape index (κ2) is 6.98. The molecule has 2 fully saturated rings. The van der Waals surface area contributed by atoms with Gasteiger partial charge < -0.3 is 4.74 Å². The highest BCUT2D eigenvalue weighted by molar-refractivity contribution is 7.91. The predicted octanol–water partition coefficient (Wildman–Crippen LogP) is 2.77. The summed E-state index contributed by atoms with van der Waals surface area (Å²) in [5.41, 5.74) is 0.977. The van der Waals surface area contributed by atoms with E-state index in [2.05, 4.69) is 4.90 Å². The van der Waals surface area contributed by atoms with Crippen molar-refractivity contribution < 1.29 is 13.2 Å². The molecular formula is C17H19ClN2O3S2. The smallest absolute Gasteiger partial charge is 0.252 e. The largest absolute Gasteiger partial charge is 0.379 e. The van der Waals surface area contributed by atoms with Crippen LogP contribution in [0.5, 0.6) is 0 Å². The van der Waals surface area contributed by atoms with Crippen LogP contribution < -0.4 is 0 Å². The molecule has 0 N–H and O–H groups in total. The normalized spacial score (nSPS) is 20.5. The zero-order chi connectivity index (χ0) is 17.4. The zero-order valence-electron chi connectivity index (χ0n) is 13.6. The van der Waals surface area contributed by atoms with Crippen LogP contribution in [-0.4, -0.2) is 63.1 Å². The minimum Gasteiger partial charge on any atom is -0.379 e. The molecule has 0 bridgehead atoms. The maximum Gasteiger partial charge on any atom is 0.252 e. The summed E-state index contributed by atoms with van der Waals surface area (Å²) in [6.07, 6.45) is 0. The van der Waals surface area contributed by atoms with Gasteiger partial charge in [0, 0.05) is 42.1 Å². The molecular weight excluding hydrogens is 380 g/mol. The lowest BCUT2D eigenvalue weighted by atomic mass is 10.1. The maximum absolute atomic E-state index is 12.8. The van der Waals surface area contributed by atoms with E-state index in [9.17, 15) is 8.42 Å². The summed E-state index contributed by atoms with van der Waals surface area (Å²) in [4.78, 5) is 3.25. The summed E-state index contributed by atoms with van der Waals surface area (Å²) in [6.45, 7) is 4.38. The van der Waals surface area contributed by atoms with Crippen LogP contribution in [0.15, 0.2) is 40.6 Å². The molecule has 2 aromatic rings. The molecule has 1 aromatic carbocycles. The summed E-state index contributed by atoms with van der Waals surface area (Å²) < 4.78 is 33.0. The standard InChI is InChI=1S/C17H19ClN2O3S2/c18-14-3-1-13(2-4-14)16-5-6-17(24-16)25(21,22)20-11-15(12-20)19-7-9-23-10-8-19/h1-6,15H,7-12H2. The molecule has 25 heavy (non-hydrogen) atoms. The van der Waals surface area contributed by atoms with E-state index >= 15 is 0 Å². The van der Waals surface area contributed by atoms with Gasteiger partial charge in [-0.1, -0.05) is 23.7 Å². The number of hydrogen-bond acceptors (Lipinski definition) is 5. The van der Waals surface area contributed by atoms with Crippen molar-refractivity contribution in [1.82, 2.24) is 9.21 Å². The molecule has 2 aliphatic rings. The topological polar surface area (TPSA) is 49.9 Å². The van der Waals surface area contributed by atoms with Crippen molar-refractivity contribution in [3.63, 3.8) is 0 Å². The van der Waals surface area contributed by atoms with Crippen LogP contribution in [-0.2, 0) is 14.8 Å². The SMILES string of the molecule is O=S(=O)(c1ccc(-c2ccc(Cl)cc2)s1)N1CC(N2CCOCC2)C1. The number of halogens is 1. The molecule has 0 aliphatic carbocycles. The summed E-state index contributed by atoms with van der Waals surface area (Å²) in [6, 6.07) is 11.3. The third-order valence-corrected chi connectivity index (χ3v) is 8.38. The molecule has 2 aliphatic heterocycles. The van der Waals surface area contributed by atoms with E-state index in [1.807, 2.05) is 30.3 Å². The van der Waals surface area contributed by atoms with Gasteiger partial charge in [-0.2, -0.15) is 4.31 Å². The minimum atomic E-state index is -3.40. The van der Waals surface area contributed by atoms with E-state index in [4.69, 9.17) is 16.3 Å². The number of thiophene rings is 1. The maximum atomic E-state index is 12.8. The van der Waals surface area contributed by atoms with Crippen molar-refractivity contribution in [1.29, 1.82) is 0 Å². The summed E-state index contributed by atoms with van der Waals surface area (Å²) in [7, 11) is -3.40. The van der Waals surface area contributed by atoms with E-state index in [0.29, 0.717) is 28.4 Å². The second-order valence-corrected chi connectivity index (χ2v) is 9.93. The van der Waals surface area contributed by atoms with Crippen molar-refractivity contribution in [3.8, 4) is 10.4 Å². The highest BCUT2D eigenvalue weighted by Gasteiger charge is 2.40. The van der Waals surface area contributed by atoms with E-state index < -0.39 is 10.0 Å². The van der Waals surface area contributed by atoms with Crippen LogP contribution in [0.4, 0.5) is 0 Å². The van der Waals surface area contributed by atoms with Gasteiger partial charge in [0.2, 0.25) is 0 Å². The van der Waals surface area contributed by atoms with Gasteiger partial charge in [-0.3, -0.25) is 4.90 Å². The third kappa shape index (κ3) is 3.49. The predicted molar refractivity (Wildman–Crippen MR) is 99.7 cm³/mol. The Labute approximate surface area is 156 Å². The third-order valence-electron chi connectivity index (χ3n) is 4.70. The number of rotatable bonds is 4. The summed E-state index contributed by atoms with van der Waals surface area (Å²) >= 11 is 7.22. The summed E-state index contributed by atoms with van der Waals surface area (Å²) in [5, 5.41) is 0.669. The Morgan fingerprint density at radius 3 is 2.40 bits per heavy atom. The molecule has 0 spiro atoms. The van der Waals surface area contributed by atoms with Crippen LogP contribution in [0.2, 0.25) is 5.02 Å². The van der Waals surface area contributed by atoms with Crippen LogP contribution in [0.25, 0.3) is 10.4 Å². The number of morpholine rings is 1. The average Bonchev–Trinajstić information content (AvgIpc) is 3.06. The Kier molecular flexibility index (Phi) is 4.87. The van der Waals surface area contributed by atoms with Gasteiger partial charge in [0.05, 0.1) is 13.2 Å². The Bertz CT molecular complexity index is 839. The second-order valence-electron chi connectivity index (χ2n) is 6.25. The number of sulfonamides is 1. The fourth-order valence-corrected chi connectivity index (χ4v) is 6.25. The first-order chi connectivity index (χ1) is 12.0. The lowest BCUT2D eigenvalue weighted by Gasteiger charge is -2.45. The van der Waals surface area contributed by atoms with Crippen molar-refractivity contribution in [3.05, 3.63) is 41.4 Å². The molecule has 3 heterocycles. The molecule has 0 atom stereocenters. The average molecular weight is 399 g/mol. The van der Waals surface area contributed by atoms with E-state index in [0.717, 1.165) is 36.7 Å². The molecule has 2 saturated heterocycles. The van der Waals surface area contributed by atoms with Gasteiger partial charge >= 0.3 is 0 Å². The monoisotopic (exact) mass is 398 g/mol. The fourth-order valence-electron chi connectivity index (χ4n) is 3.14. The van der Waals surface area contributed by atoms with Crippen molar-refractivity contribution in [2.75, 3.05) is 39.4 Å². The minimum absolute atomic E-state index is 0.314. The lowest BCUT2D eigenvalue weighted by Crippen LogP contribution is -2.62. The molecule has 0 radical (unpaired) electrons. The van der Waals surface area contributed by atoms with Crippen LogP contribution in [0, 0.1) is 0 Å². The molecule has 5 nitrogen and oxygen atoms in total. The number of benzene rings is 1. The first-order valence-electron chi connectivity index (χ1n) is 8.22. The van der Waals surface area contributed by atoms with Crippen LogP contribution >= 0.6 is 22.9 Å². The summed E-state index contributed by atoms with van der Waals surface area (Å²) in [5.74, 6) is 0. The molecule has 134 valence electrons. The highest BCUT2D eigenvalue weighted by atomic mass is 35.5. The lowest BCUT2D eigenvalue weighted by molar-refractivity contribution is -0.0116. The van der Waals surface area contributed by atoms with E-state index in [-0.39, 0.29) is 0 Å². The van der Waals surface area contributed by atoms with Crippen LogP contribution in [0.3, 0.4) is 0 Å². The van der Waals surface area contributed by atoms with Gasteiger partial charge in [0.1, 0.15) is 4.21 Å². The van der Waals surface area contributed by atoms with Gasteiger partial charge in [-0.15, -0.1) is 11.3 Å². The molecule has 0 amide bonds. The van der Waals surface area contributed by atoms with Gasteiger partial charge in [0.15, 0.2) is 0 Å².